The van der Waals surface area contributed by atoms with Crippen LogP contribution >= 0.6 is 0 Å². The fourth-order valence-corrected chi connectivity index (χ4v) is 5.80. The van der Waals surface area contributed by atoms with Gasteiger partial charge in [-0.2, -0.15) is 0 Å². The average Bonchev–Trinajstić information content (AvgIpc) is 3.59. The Balaban J connectivity index is 1.33. The highest BCUT2D eigenvalue weighted by atomic mass is 19.1. The molecule has 0 bridgehead atoms. The number of likely N-dealkylation sites (tertiary alicyclic amines) is 1. The van der Waals surface area contributed by atoms with E-state index in [4.69, 9.17) is 9.84 Å². The van der Waals surface area contributed by atoms with Gasteiger partial charge in [0.2, 0.25) is 11.9 Å². The summed E-state index contributed by atoms with van der Waals surface area (Å²) in [5.74, 6) is -2.42. The number of ether oxygens (including phenoxy) is 1. The Hall–Kier alpha value is -4.03. The number of hydrogen-bond donors (Lipinski definition) is 3. The molecule has 0 aliphatic carbocycles. The maximum absolute atomic E-state index is 14.9. The van der Waals surface area contributed by atoms with Crippen LogP contribution in [0.5, 0.6) is 0 Å². The molecule has 2 aliphatic heterocycles. The highest BCUT2D eigenvalue weighted by molar-refractivity contribution is 5.92. The number of halogens is 2. The van der Waals surface area contributed by atoms with Crippen LogP contribution < -0.4 is 15.5 Å². The first kappa shape index (κ1) is 29.5. The molecule has 3 N–H and O–H groups in total. The number of aryl methyl sites for hydroxylation is 1. The quantitative estimate of drug-likeness (QED) is 0.313. The first-order valence-electron chi connectivity index (χ1n) is 14.2. The van der Waals surface area contributed by atoms with E-state index in [1.165, 1.54) is 12.1 Å². The van der Waals surface area contributed by atoms with Crippen LogP contribution in [-0.4, -0.2) is 84.0 Å². The van der Waals surface area contributed by atoms with Crippen LogP contribution in [0.4, 0.5) is 25.2 Å². The molecule has 12 heteroatoms. The molecule has 2 amide bonds. The standard InChI is InChI=1S/C30H36F2N6O4/c1-20-3-4-21(27(15-20)37-11-13-42-14-12-37)17-38-10-8-33-29(38)35-28(39)25-19-36(9-2-7-34-30(40)41)18-24(25)23-6-5-22(31)16-26(23)32/h3-6,8,10,15-16,24-25,34H,2,7,9,11-14,17-19H2,1H3,(H,40,41)(H,33,35,39)/t24-,25+/m0/s1. The van der Waals surface area contributed by atoms with E-state index in [1.54, 1.807) is 6.20 Å². The van der Waals surface area contributed by atoms with Crippen molar-refractivity contribution in [3.05, 3.63) is 77.1 Å². The van der Waals surface area contributed by atoms with E-state index < -0.39 is 29.6 Å². The van der Waals surface area contributed by atoms with Crippen LogP contribution in [0.1, 0.15) is 29.0 Å². The van der Waals surface area contributed by atoms with Gasteiger partial charge < -0.3 is 29.5 Å². The van der Waals surface area contributed by atoms with Gasteiger partial charge in [-0.05, 0) is 48.7 Å². The minimum absolute atomic E-state index is 0.265. The number of nitrogens with zero attached hydrogens (tertiary/aromatic N) is 4. The van der Waals surface area contributed by atoms with Crippen molar-refractivity contribution in [3.63, 3.8) is 0 Å². The largest absolute Gasteiger partial charge is 0.465 e. The van der Waals surface area contributed by atoms with Crippen molar-refractivity contribution < 1.29 is 28.2 Å². The van der Waals surface area contributed by atoms with Crippen molar-refractivity contribution in [1.29, 1.82) is 0 Å². The maximum atomic E-state index is 14.9. The zero-order valence-electron chi connectivity index (χ0n) is 23.6. The second kappa shape index (κ2) is 13.3. The third-order valence-electron chi connectivity index (χ3n) is 7.91. The van der Waals surface area contributed by atoms with Crippen molar-refractivity contribution in [2.45, 2.75) is 25.8 Å². The van der Waals surface area contributed by atoms with E-state index in [0.29, 0.717) is 51.8 Å². The third kappa shape index (κ3) is 7.05. The highest BCUT2D eigenvalue weighted by Gasteiger charge is 2.40. The van der Waals surface area contributed by atoms with Gasteiger partial charge in [-0.15, -0.1) is 0 Å². The van der Waals surface area contributed by atoms with Gasteiger partial charge in [0.1, 0.15) is 11.6 Å². The number of anilines is 2. The van der Waals surface area contributed by atoms with E-state index in [9.17, 15) is 18.4 Å². The summed E-state index contributed by atoms with van der Waals surface area (Å²) in [5, 5.41) is 14.1. The number of carboxylic acid groups (broad SMARTS) is 1. The second-order valence-corrected chi connectivity index (χ2v) is 10.8. The van der Waals surface area contributed by atoms with Crippen LogP contribution in [0, 0.1) is 24.5 Å². The highest BCUT2D eigenvalue weighted by Crippen LogP contribution is 2.35. The topological polar surface area (TPSA) is 112 Å². The molecule has 10 nitrogen and oxygen atoms in total. The molecule has 1 aromatic heterocycles. The number of amides is 2. The van der Waals surface area contributed by atoms with Crippen molar-refractivity contribution in [3.8, 4) is 0 Å². The molecular weight excluding hydrogens is 546 g/mol. The van der Waals surface area contributed by atoms with Crippen LogP contribution in [0.25, 0.3) is 0 Å². The Kier molecular flexibility index (Phi) is 9.33. The number of carbonyl (C=O) groups is 2. The molecule has 2 atom stereocenters. The average molecular weight is 583 g/mol. The van der Waals surface area contributed by atoms with Crippen LogP contribution in [0.2, 0.25) is 0 Å². The number of hydrogen-bond acceptors (Lipinski definition) is 6. The smallest absolute Gasteiger partial charge is 0.404 e. The molecule has 2 fully saturated rings. The summed E-state index contributed by atoms with van der Waals surface area (Å²) in [7, 11) is 0. The van der Waals surface area contributed by atoms with E-state index in [-0.39, 0.29) is 18.0 Å². The Morgan fingerprint density at radius 2 is 1.93 bits per heavy atom. The monoisotopic (exact) mass is 582 g/mol. The van der Waals surface area contributed by atoms with Gasteiger partial charge >= 0.3 is 6.09 Å². The summed E-state index contributed by atoms with van der Waals surface area (Å²) in [5.41, 5.74) is 3.65. The van der Waals surface area contributed by atoms with Crippen molar-refractivity contribution in [1.82, 2.24) is 19.8 Å². The Morgan fingerprint density at radius 1 is 1.12 bits per heavy atom. The molecule has 2 saturated heterocycles. The Morgan fingerprint density at radius 3 is 2.69 bits per heavy atom. The van der Waals surface area contributed by atoms with Gasteiger partial charge in [-0.3, -0.25) is 10.1 Å². The summed E-state index contributed by atoms with van der Waals surface area (Å²) in [6.45, 7) is 7.02. The molecule has 2 aliphatic rings. The molecular formula is C30H36F2N6O4. The lowest BCUT2D eigenvalue weighted by Gasteiger charge is -2.31. The Bertz CT molecular complexity index is 1410. The molecule has 5 rings (SSSR count). The number of nitrogens with one attached hydrogen (secondary N) is 2. The van der Waals surface area contributed by atoms with Crippen LogP contribution in [0.15, 0.2) is 48.8 Å². The number of benzene rings is 2. The fraction of sp³-hybridized carbons (Fsp3) is 0.433. The van der Waals surface area contributed by atoms with Crippen molar-refractivity contribution in [2.75, 3.05) is 62.7 Å². The van der Waals surface area contributed by atoms with Gasteiger partial charge in [0, 0.05) is 62.8 Å². The molecule has 0 saturated carbocycles. The van der Waals surface area contributed by atoms with Gasteiger partial charge in [0.15, 0.2) is 0 Å². The zero-order chi connectivity index (χ0) is 29.6. The lowest BCUT2D eigenvalue weighted by Crippen LogP contribution is -2.37. The van der Waals surface area contributed by atoms with Crippen LogP contribution in [0.3, 0.4) is 0 Å². The van der Waals surface area contributed by atoms with E-state index in [2.05, 4.69) is 45.6 Å². The van der Waals surface area contributed by atoms with Gasteiger partial charge in [-0.25, -0.2) is 18.6 Å². The maximum Gasteiger partial charge on any atom is 0.404 e. The summed E-state index contributed by atoms with van der Waals surface area (Å²) in [6.07, 6.45) is 2.88. The van der Waals surface area contributed by atoms with Crippen molar-refractivity contribution in [2.24, 2.45) is 5.92 Å². The van der Waals surface area contributed by atoms with Crippen molar-refractivity contribution >= 4 is 23.6 Å². The molecule has 0 spiro atoms. The predicted octanol–water partition coefficient (Wildman–Crippen LogP) is 3.67. The molecule has 3 heterocycles. The van der Waals surface area contributed by atoms with Gasteiger partial charge in [0.05, 0.1) is 25.7 Å². The Labute approximate surface area is 243 Å². The normalized spacial score (nSPS) is 19.2. The van der Waals surface area contributed by atoms with Gasteiger partial charge in [0.25, 0.3) is 0 Å². The summed E-state index contributed by atoms with van der Waals surface area (Å²) < 4.78 is 36.0. The summed E-state index contributed by atoms with van der Waals surface area (Å²) in [6, 6.07) is 9.76. The molecule has 42 heavy (non-hydrogen) atoms. The lowest BCUT2D eigenvalue weighted by molar-refractivity contribution is -0.120. The first-order valence-corrected chi connectivity index (χ1v) is 14.2. The number of aromatic nitrogens is 2. The second-order valence-electron chi connectivity index (χ2n) is 10.8. The molecule has 2 aromatic carbocycles. The van der Waals surface area contributed by atoms with E-state index in [0.717, 1.165) is 36.0 Å². The summed E-state index contributed by atoms with van der Waals surface area (Å²) in [4.78, 5) is 33.2. The third-order valence-corrected chi connectivity index (χ3v) is 7.91. The zero-order valence-corrected chi connectivity index (χ0v) is 23.6. The van der Waals surface area contributed by atoms with E-state index >= 15 is 0 Å². The number of imidazole rings is 1. The first-order chi connectivity index (χ1) is 20.3. The minimum Gasteiger partial charge on any atom is -0.465 e. The molecule has 3 aromatic rings. The predicted molar refractivity (Wildman–Crippen MR) is 154 cm³/mol. The van der Waals surface area contributed by atoms with Crippen LogP contribution in [-0.2, 0) is 16.1 Å². The number of carbonyl (C=O) groups excluding carboxylic acids is 1. The SMILES string of the molecule is Cc1ccc(Cn2ccnc2NC(=O)[C@@H]2CN(CCCNC(=O)O)C[C@H]2c2ccc(F)cc2F)c(N2CCOCC2)c1. The molecule has 224 valence electrons. The number of morpholine rings is 1. The number of rotatable bonds is 10. The minimum atomic E-state index is -1.10. The fourth-order valence-electron chi connectivity index (χ4n) is 5.80. The summed E-state index contributed by atoms with van der Waals surface area (Å²) >= 11 is 0. The molecule has 0 radical (unpaired) electrons. The lowest BCUT2D eigenvalue weighted by atomic mass is 9.88. The molecule has 0 unspecified atom stereocenters. The van der Waals surface area contributed by atoms with Gasteiger partial charge in [-0.1, -0.05) is 18.2 Å². The van der Waals surface area contributed by atoms with E-state index in [1.807, 2.05) is 15.7 Å².